The number of halogens is 1. The molecule has 112 valence electrons. The van der Waals surface area contributed by atoms with Crippen molar-refractivity contribution in [2.45, 2.75) is 26.8 Å². The summed E-state index contributed by atoms with van der Waals surface area (Å²) in [6.45, 7) is 5.84. The van der Waals surface area contributed by atoms with Gasteiger partial charge in [-0.2, -0.15) is 0 Å². The minimum absolute atomic E-state index is 0.256. The number of ether oxygens (including phenoxy) is 1. The predicted molar refractivity (Wildman–Crippen MR) is 82.8 cm³/mol. The molecule has 0 aliphatic carbocycles. The van der Waals surface area contributed by atoms with Crippen LogP contribution >= 0.6 is 0 Å². The molecule has 3 nitrogen and oxygen atoms in total. The van der Waals surface area contributed by atoms with E-state index < -0.39 is 0 Å². The summed E-state index contributed by atoms with van der Waals surface area (Å²) >= 11 is 0. The summed E-state index contributed by atoms with van der Waals surface area (Å²) in [5.74, 6) is 6.30. The molecule has 1 unspecified atom stereocenters. The van der Waals surface area contributed by atoms with Gasteiger partial charge in [0.2, 0.25) is 0 Å². The molecule has 0 bridgehead atoms. The molecule has 0 fully saturated rings. The van der Waals surface area contributed by atoms with E-state index >= 15 is 0 Å². The number of nitrogens with one attached hydrogen (secondary N) is 1. The van der Waals surface area contributed by atoms with Gasteiger partial charge in [0.25, 0.3) is 0 Å². The zero-order valence-corrected chi connectivity index (χ0v) is 12.8. The van der Waals surface area contributed by atoms with Crippen molar-refractivity contribution in [1.29, 1.82) is 0 Å². The molecule has 2 aromatic rings. The van der Waals surface area contributed by atoms with E-state index in [1.54, 1.807) is 7.11 Å². The van der Waals surface area contributed by atoms with E-state index in [9.17, 15) is 4.39 Å². The van der Waals surface area contributed by atoms with Crippen molar-refractivity contribution in [2.75, 3.05) is 7.11 Å². The van der Waals surface area contributed by atoms with Gasteiger partial charge in [-0.15, -0.1) is 0 Å². The Bertz CT molecular complexity index is 635. The summed E-state index contributed by atoms with van der Waals surface area (Å²) in [5, 5.41) is 0. The fourth-order valence-corrected chi connectivity index (χ4v) is 2.64. The van der Waals surface area contributed by atoms with E-state index in [0.29, 0.717) is 0 Å². The molecular formula is C17H21FN2O. The Kier molecular flexibility index (Phi) is 4.60. The second-order valence-electron chi connectivity index (χ2n) is 5.34. The number of rotatable bonds is 4. The van der Waals surface area contributed by atoms with Crippen molar-refractivity contribution >= 4 is 0 Å². The van der Waals surface area contributed by atoms with Crippen LogP contribution in [0.15, 0.2) is 30.3 Å². The van der Waals surface area contributed by atoms with Crippen LogP contribution in [0.25, 0.3) is 0 Å². The fraction of sp³-hybridized carbons (Fsp3) is 0.294. The fourth-order valence-electron chi connectivity index (χ4n) is 2.64. The maximum atomic E-state index is 13.7. The van der Waals surface area contributed by atoms with Crippen molar-refractivity contribution in [1.82, 2.24) is 5.43 Å². The van der Waals surface area contributed by atoms with Crippen LogP contribution in [0.3, 0.4) is 0 Å². The third-order valence-electron chi connectivity index (χ3n) is 3.66. The molecule has 0 saturated carbocycles. The smallest absolute Gasteiger partial charge is 0.123 e. The van der Waals surface area contributed by atoms with Crippen LogP contribution in [-0.2, 0) is 0 Å². The van der Waals surface area contributed by atoms with Crippen LogP contribution < -0.4 is 16.0 Å². The van der Waals surface area contributed by atoms with Gasteiger partial charge < -0.3 is 4.74 Å². The first-order valence-corrected chi connectivity index (χ1v) is 6.84. The van der Waals surface area contributed by atoms with Gasteiger partial charge in [-0.05, 0) is 66.8 Å². The van der Waals surface area contributed by atoms with Crippen molar-refractivity contribution in [3.63, 3.8) is 0 Å². The number of benzene rings is 2. The minimum atomic E-state index is -0.260. The number of methoxy groups -OCH3 is 1. The molecule has 2 rings (SSSR count). The van der Waals surface area contributed by atoms with Gasteiger partial charge in [0.05, 0.1) is 13.2 Å². The lowest BCUT2D eigenvalue weighted by atomic mass is 9.92. The summed E-state index contributed by atoms with van der Waals surface area (Å²) in [6, 6.07) is 8.69. The maximum Gasteiger partial charge on any atom is 0.123 e. The second-order valence-corrected chi connectivity index (χ2v) is 5.34. The van der Waals surface area contributed by atoms with Crippen LogP contribution in [0, 0.1) is 26.6 Å². The first kappa shape index (κ1) is 15.5. The van der Waals surface area contributed by atoms with E-state index in [2.05, 4.69) is 5.43 Å². The molecule has 2 aromatic carbocycles. The Morgan fingerprint density at radius 1 is 1.05 bits per heavy atom. The highest BCUT2D eigenvalue weighted by molar-refractivity contribution is 5.46. The molecule has 3 N–H and O–H groups in total. The van der Waals surface area contributed by atoms with Gasteiger partial charge in [0.15, 0.2) is 0 Å². The van der Waals surface area contributed by atoms with Crippen LogP contribution in [0.1, 0.15) is 33.9 Å². The number of nitrogens with two attached hydrogens (primary N) is 1. The molecule has 21 heavy (non-hydrogen) atoms. The highest BCUT2D eigenvalue weighted by atomic mass is 19.1. The van der Waals surface area contributed by atoms with E-state index in [1.165, 1.54) is 12.1 Å². The number of hydrogen-bond donors (Lipinski definition) is 2. The lowest BCUT2D eigenvalue weighted by Gasteiger charge is -2.21. The summed E-state index contributed by atoms with van der Waals surface area (Å²) in [5.41, 5.74) is 7.54. The zero-order valence-electron chi connectivity index (χ0n) is 12.8. The van der Waals surface area contributed by atoms with E-state index in [1.807, 2.05) is 39.0 Å². The van der Waals surface area contributed by atoms with Gasteiger partial charge in [-0.25, -0.2) is 9.82 Å². The monoisotopic (exact) mass is 288 g/mol. The van der Waals surface area contributed by atoms with E-state index in [4.69, 9.17) is 10.6 Å². The van der Waals surface area contributed by atoms with E-state index in [0.717, 1.165) is 33.6 Å². The normalized spacial score (nSPS) is 12.3. The van der Waals surface area contributed by atoms with Gasteiger partial charge in [0, 0.05) is 0 Å². The number of hydrazine groups is 1. The summed E-state index contributed by atoms with van der Waals surface area (Å²) < 4.78 is 19.0. The summed E-state index contributed by atoms with van der Waals surface area (Å²) in [4.78, 5) is 0. The molecule has 0 spiro atoms. The van der Waals surface area contributed by atoms with Crippen LogP contribution in [0.4, 0.5) is 4.39 Å². The van der Waals surface area contributed by atoms with Crippen LogP contribution in [0.5, 0.6) is 5.75 Å². The summed E-state index contributed by atoms with van der Waals surface area (Å²) in [6.07, 6.45) is 0. The van der Waals surface area contributed by atoms with Gasteiger partial charge in [-0.1, -0.05) is 12.1 Å². The van der Waals surface area contributed by atoms with E-state index in [-0.39, 0.29) is 11.9 Å². The highest BCUT2D eigenvalue weighted by Crippen LogP contribution is 2.30. The van der Waals surface area contributed by atoms with Gasteiger partial charge in [-0.3, -0.25) is 5.84 Å². The largest absolute Gasteiger partial charge is 0.496 e. The lowest BCUT2D eigenvalue weighted by molar-refractivity contribution is 0.411. The average Bonchev–Trinajstić information content (AvgIpc) is 2.42. The SMILES string of the molecule is COc1cc(C)c(C(NN)c2cc(C)cc(F)c2)cc1C. The number of aryl methyl sites for hydroxylation is 3. The second kappa shape index (κ2) is 6.24. The molecule has 0 heterocycles. The Labute approximate surface area is 124 Å². The molecular weight excluding hydrogens is 267 g/mol. The highest BCUT2D eigenvalue weighted by Gasteiger charge is 2.17. The molecule has 4 heteroatoms. The minimum Gasteiger partial charge on any atom is -0.496 e. The lowest BCUT2D eigenvalue weighted by Crippen LogP contribution is -2.29. The Hall–Kier alpha value is -1.91. The average molecular weight is 288 g/mol. The van der Waals surface area contributed by atoms with Crippen LogP contribution in [-0.4, -0.2) is 7.11 Å². The first-order chi connectivity index (χ1) is 9.96. The Morgan fingerprint density at radius 3 is 2.33 bits per heavy atom. The van der Waals surface area contributed by atoms with Crippen molar-refractivity contribution in [2.24, 2.45) is 5.84 Å². The quantitative estimate of drug-likeness (QED) is 0.670. The third-order valence-corrected chi connectivity index (χ3v) is 3.66. The van der Waals surface area contributed by atoms with Crippen molar-refractivity contribution in [3.05, 3.63) is 64.0 Å². The molecule has 0 radical (unpaired) electrons. The molecule has 0 saturated heterocycles. The maximum absolute atomic E-state index is 13.7. The Morgan fingerprint density at radius 2 is 1.76 bits per heavy atom. The van der Waals surface area contributed by atoms with Crippen molar-refractivity contribution in [3.8, 4) is 5.75 Å². The summed E-state index contributed by atoms with van der Waals surface area (Å²) in [7, 11) is 1.65. The van der Waals surface area contributed by atoms with Gasteiger partial charge in [0.1, 0.15) is 11.6 Å². The number of hydrogen-bond acceptors (Lipinski definition) is 3. The van der Waals surface area contributed by atoms with Crippen LogP contribution in [0.2, 0.25) is 0 Å². The predicted octanol–water partition coefficient (Wildman–Crippen LogP) is 3.31. The first-order valence-electron chi connectivity index (χ1n) is 6.84. The topological polar surface area (TPSA) is 47.3 Å². The molecule has 0 aromatic heterocycles. The third kappa shape index (κ3) is 3.23. The zero-order chi connectivity index (χ0) is 15.6. The standard InChI is InChI=1S/C17H21FN2O/c1-10-5-13(9-14(18)6-10)17(20-19)15-7-12(3)16(21-4)8-11(15)2/h5-9,17,20H,19H2,1-4H3. The van der Waals surface area contributed by atoms with Crippen molar-refractivity contribution < 1.29 is 9.13 Å². The molecule has 0 amide bonds. The molecule has 1 atom stereocenters. The molecule has 0 aliphatic heterocycles. The molecule has 0 aliphatic rings. The Balaban J connectivity index is 2.53. The van der Waals surface area contributed by atoms with Gasteiger partial charge >= 0.3 is 0 Å².